The molecule has 0 saturated heterocycles. The minimum Gasteiger partial charge on any atom is -0.511 e. The lowest BCUT2D eigenvalue weighted by Gasteiger charge is -2.46. The standard InChI is InChI=1S/C28H26N2O8/c1-30(2)23-15-8-12-7-14-13(11-3-6-17-18(9-11)38-10-37-17)4-5-16(31)20(14)24(32)19(12)25(33)21(15)26(34)22(27(23)35)28(29)36/h3-6,9,12,15,21,23,31,33,35H,7-8,10H2,1-2H3,(H2,29,36)/t12?,15?,21?,23-/m0/s1. The molecular formula is C28H26N2O8. The summed E-state index contributed by atoms with van der Waals surface area (Å²) in [6.45, 7) is 0.119. The van der Waals surface area contributed by atoms with E-state index in [1.807, 2.05) is 12.1 Å². The fraction of sp³-hybridized carbons (Fsp3) is 0.321. The number of rotatable bonds is 3. The number of carbonyl (C=O) groups excluding carboxylic acids is 3. The molecule has 3 aliphatic carbocycles. The average Bonchev–Trinajstić information content (AvgIpc) is 3.31. The number of phenolic OH excluding ortho intramolecular Hbond substituents is 1. The number of carbonyl (C=O) groups is 3. The summed E-state index contributed by atoms with van der Waals surface area (Å²) in [5, 5.41) is 33.0. The van der Waals surface area contributed by atoms with E-state index in [2.05, 4.69) is 0 Å². The van der Waals surface area contributed by atoms with Crippen molar-refractivity contribution in [3.8, 4) is 28.4 Å². The molecule has 1 amide bonds. The van der Waals surface area contributed by atoms with Crippen molar-refractivity contribution in [2.24, 2.45) is 23.5 Å². The highest BCUT2D eigenvalue weighted by atomic mass is 16.7. The lowest BCUT2D eigenvalue weighted by Crippen LogP contribution is -2.53. The zero-order chi connectivity index (χ0) is 27.0. The van der Waals surface area contributed by atoms with Crippen LogP contribution < -0.4 is 15.2 Å². The van der Waals surface area contributed by atoms with Gasteiger partial charge in [-0.3, -0.25) is 19.3 Å². The third-order valence-electron chi connectivity index (χ3n) is 8.13. The van der Waals surface area contributed by atoms with Gasteiger partial charge in [-0.05, 0) is 73.7 Å². The van der Waals surface area contributed by atoms with Gasteiger partial charge in [-0.1, -0.05) is 12.1 Å². The lowest BCUT2D eigenvalue weighted by molar-refractivity contribution is -0.127. The number of nitrogens with two attached hydrogens (primary N) is 1. The maximum atomic E-state index is 13.8. The number of benzene rings is 2. The van der Waals surface area contributed by atoms with Crippen molar-refractivity contribution in [2.45, 2.75) is 18.9 Å². The summed E-state index contributed by atoms with van der Waals surface area (Å²) in [5.74, 6) is -4.66. The SMILES string of the molecule is CN(C)[C@@H]1C(O)=C(C(N)=O)C(=O)C2C(O)=C3C(=O)c4c(O)ccc(-c5ccc6c(c5)OCO6)c4CC3CC21. The monoisotopic (exact) mass is 518 g/mol. The van der Waals surface area contributed by atoms with Crippen LogP contribution >= 0.6 is 0 Å². The molecule has 0 radical (unpaired) electrons. The van der Waals surface area contributed by atoms with Gasteiger partial charge in [0.05, 0.1) is 17.5 Å². The Labute approximate surface area is 217 Å². The number of amides is 1. The average molecular weight is 519 g/mol. The number of nitrogens with zero attached hydrogens (tertiary/aromatic N) is 1. The second-order valence-corrected chi connectivity index (χ2v) is 10.4. The zero-order valence-corrected chi connectivity index (χ0v) is 20.7. The number of primary amides is 1. The number of ketones is 2. The molecule has 0 spiro atoms. The molecule has 38 heavy (non-hydrogen) atoms. The van der Waals surface area contributed by atoms with E-state index in [-0.39, 0.29) is 30.1 Å². The van der Waals surface area contributed by atoms with Gasteiger partial charge in [0.1, 0.15) is 22.8 Å². The van der Waals surface area contributed by atoms with Crippen molar-refractivity contribution in [3.63, 3.8) is 0 Å². The molecule has 0 bridgehead atoms. The van der Waals surface area contributed by atoms with Crippen molar-refractivity contribution in [3.05, 3.63) is 64.1 Å². The largest absolute Gasteiger partial charge is 0.511 e. The van der Waals surface area contributed by atoms with E-state index in [1.165, 1.54) is 6.07 Å². The lowest BCUT2D eigenvalue weighted by atomic mass is 9.60. The molecule has 10 heteroatoms. The van der Waals surface area contributed by atoms with Gasteiger partial charge in [0.2, 0.25) is 6.79 Å². The molecular weight excluding hydrogens is 492 g/mol. The molecule has 4 aliphatic rings. The molecule has 6 rings (SSSR count). The Morgan fingerprint density at radius 1 is 1.03 bits per heavy atom. The van der Waals surface area contributed by atoms with Crippen LogP contribution in [-0.2, 0) is 16.0 Å². The van der Waals surface area contributed by atoms with Crippen LogP contribution in [0.15, 0.2) is 53.0 Å². The molecule has 0 aromatic heterocycles. The van der Waals surface area contributed by atoms with Crippen LogP contribution in [0.3, 0.4) is 0 Å². The predicted octanol–water partition coefficient (Wildman–Crippen LogP) is 2.40. The van der Waals surface area contributed by atoms with Gasteiger partial charge in [-0.25, -0.2) is 0 Å². The number of aromatic hydroxyl groups is 1. The number of ether oxygens (including phenoxy) is 2. The van der Waals surface area contributed by atoms with Gasteiger partial charge in [-0.15, -0.1) is 0 Å². The predicted molar refractivity (Wildman–Crippen MR) is 134 cm³/mol. The number of allylic oxidation sites excluding steroid dienone is 2. The number of aliphatic hydroxyl groups is 2. The van der Waals surface area contributed by atoms with E-state index in [4.69, 9.17) is 15.2 Å². The normalized spacial score (nSPS) is 25.9. The molecule has 2 aromatic carbocycles. The van der Waals surface area contributed by atoms with Crippen molar-refractivity contribution in [1.29, 1.82) is 0 Å². The molecule has 196 valence electrons. The van der Waals surface area contributed by atoms with E-state index in [1.54, 1.807) is 31.1 Å². The summed E-state index contributed by atoms with van der Waals surface area (Å²) in [6.07, 6.45) is 0.597. The number of phenols is 1. The fourth-order valence-corrected chi connectivity index (χ4v) is 6.60. The maximum Gasteiger partial charge on any atom is 0.255 e. The van der Waals surface area contributed by atoms with Crippen LogP contribution in [0.1, 0.15) is 22.3 Å². The minimum atomic E-state index is -1.21. The first kappa shape index (κ1) is 24.1. The fourth-order valence-electron chi connectivity index (χ4n) is 6.60. The zero-order valence-electron chi connectivity index (χ0n) is 20.7. The third-order valence-corrected chi connectivity index (χ3v) is 8.13. The van der Waals surface area contributed by atoms with Crippen LogP contribution in [0.2, 0.25) is 0 Å². The Morgan fingerprint density at radius 2 is 1.76 bits per heavy atom. The maximum absolute atomic E-state index is 13.8. The van der Waals surface area contributed by atoms with E-state index in [0.717, 1.165) is 11.1 Å². The first-order valence-electron chi connectivity index (χ1n) is 12.3. The second kappa shape index (κ2) is 8.35. The number of fused-ring (bicyclic) bond motifs is 4. The quantitative estimate of drug-likeness (QED) is 0.448. The first-order valence-corrected chi connectivity index (χ1v) is 12.3. The van der Waals surface area contributed by atoms with Crippen LogP contribution in [0.4, 0.5) is 0 Å². The van der Waals surface area contributed by atoms with E-state index in [9.17, 15) is 29.7 Å². The summed E-state index contributed by atoms with van der Waals surface area (Å²) >= 11 is 0. The Balaban J connectivity index is 1.50. The topological polar surface area (TPSA) is 160 Å². The molecule has 4 atom stereocenters. The van der Waals surface area contributed by atoms with Crippen molar-refractivity contribution in [2.75, 3.05) is 20.9 Å². The van der Waals surface area contributed by atoms with Gasteiger partial charge in [0.25, 0.3) is 5.91 Å². The highest BCUT2D eigenvalue weighted by Gasteiger charge is 2.54. The molecule has 10 nitrogen and oxygen atoms in total. The number of hydrogen-bond donors (Lipinski definition) is 4. The molecule has 1 aliphatic heterocycles. The van der Waals surface area contributed by atoms with Gasteiger partial charge in [0, 0.05) is 5.57 Å². The second-order valence-electron chi connectivity index (χ2n) is 10.4. The Bertz CT molecular complexity index is 1500. The molecule has 3 unspecified atom stereocenters. The summed E-state index contributed by atoms with van der Waals surface area (Å²) in [5.41, 5.74) is 7.09. The Kier molecular flexibility index (Phi) is 5.29. The Morgan fingerprint density at radius 3 is 2.47 bits per heavy atom. The van der Waals surface area contributed by atoms with Gasteiger partial charge in [-0.2, -0.15) is 0 Å². The number of likely N-dealkylation sites (N-methyl/N-ethyl adjacent to an activating group) is 1. The number of aliphatic hydroxyl groups excluding tert-OH is 2. The van der Waals surface area contributed by atoms with Gasteiger partial charge < -0.3 is 30.5 Å². The third kappa shape index (κ3) is 3.26. The summed E-state index contributed by atoms with van der Waals surface area (Å²) in [4.78, 5) is 40.9. The molecule has 0 fully saturated rings. The number of hydrogen-bond acceptors (Lipinski definition) is 9. The van der Waals surface area contributed by atoms with E-state index < -0.39 is 58.4 Å². The minimum absolute atomic E-state index is 0.0490. The highest BCUT2D eigenvalue weighted by molar-refractivity contribution is 6.22. The highest BCUT2D eigenvalue weighted by Crippen LogP contribution is 2.51. The summed E-state index contributed by atoms with van der Waals surface area (Å²) < 4.78 is 10.9. The Hall–Kier alpha value is -4.31. The first-order chi connectivity index (χ1) is 18.1. The molecule has 2 aromatic rings. The molecule has 0 saturated carbocycles. The van der Waals surface area contributed by atoms with Crippen LogP contribution in [-0.4, -0.2) is 64.6 Å². The smallest absolute Gasteiger partial charge is 0.255 e. The van der Waals surface area contributed by atoms with E-state index >= 15 is 0 Å². The van der Waals surface area contributed by atoms with E-state index in [0.29, 0.717) is 23.5 Å². The van der Waals surface area contributed by atoms with Crippen molar-refractivity contribution >= 4 is 17.5 Å². The van der Waals surface area contributed by atoms with Crippen LogP contribution in [0.5, 0.6) is 17.2 Å². The van der Waals surface area contributed by atoms with Crippen molar-refractivity contribution in [1.82, 2.24) is 4.90 Å². The summed E-state index contributed by atoms with van der Waals surface area (Å²) in [7, 11) is 3.39. The molecule has 5 N–H and O–H groups in total. The molecule has 1 heterocycles. The van der Waals surface area contributed by atoms with Gasteiger partial charge >= 0.3 is 0 Å². The van der Waals surface area contributed by atoms with Gasteiger partial charge in [0.15, 0.2) is 23.1 Å². The number of Topliss-reactive ketones (excluding diaryl/α,β-unsaturated/α-hetero) is 2. The van der Waals surface area contributed by atoms with Crippen molar-refractivity contribution < 1.29 is 39.2 Å². The van der Waals surface area contributed by atoms with Crippen LogP contribution in [0.25, 0.3) is 11.1 Å². The van der Waals surface area contributed by atoms with Crippen LogP contribution in [0, 0.1) is 17.8 Å². The summed E-state index contributed by atoms with van der Waals surface area (Å²) in [6, 6.07) is 7.85.